The Morgan fingerprint density at radius 3 is 3.00 bits per heavy atom. The minimum absolute atomic E-state index is 0.0570. The number of aromatic hydroxyl groups is 1. The van der Waals surface area contributed by atoms with Gasteiger partial charge in [-0.15, -0.1) is 0 Å². The van der Waals surface area contributed by atoms with Gasteiger partial charge in [-0.05, 0) is 12.7 Å². The fourth-order valence-corrected chi connectivity index (χ4v) is 1.70. The molecule has 0 amide bonds. The maximum absolute atomic E-state index is 9.11. The average Bonchev–Trinajstić information content (AvgIpc) is 2.36. The van der Waals surface area contributed by atoms with Crippen molar-refractivity contribution in [3.05, 3.63) is 11.8 Å². The highest BCUT2D eigenvalue weighted by atomic mass is 32.2. The summed E-state index contributed by atoms with van der Waals surface area (Å²) >= 11 is 1.74. The van der Waals surface area contributed by atoms with E-state index in [9.17, 15) is 0 Å². The van der Waals surface area contributed by atoms with E-state index in [1.807, 2.05) is 6.92 Å². The molecule has 0 aromatic carbocycles. The minimum Gasteiger partial charge on any atom is -0.479 e. The summed E-state index contributed by atoms with van der Waals surface area (Å²) in [4.78, 5) is 0. The van der Waals surface area contributed by atoms with Gasteiger partial charge in [0.05, 0.1) is 11.8 Å². The molecule has 11 heavy (non-hydrogen) atoms. The van der Waals surface area contributed by atoms with Crippen molar-refractivity contribution in [1.82, 2.24) is 5.16 Å². The highest BCUT2D eigenvalue weighted by Gasteiger charge is 2.13. The Hall–Kier alpha value is -0.640. The lowest BCUT2D eigenvalue weighted by molar-refractivity contribution is 0.275. The summed E-state index contributed by atoms with van der Waals surface area (Å²) in [6.07, 6.45) is 1.56. The van der Waals surface area contributed by atoms with Crippen LogP contribution in [0, 0.1) is 0 Å². The minimum atomic E-state index is -0.0570. The van der Waals surface area contributed by atoms with Crippen molar-refractivity contribution in [3.8, 4) is 5.95 Å². The van der Waals surface area contributed by atoms with Crippen LogP contribution in [0.15, 0.2) is 10.7 Å². The smallest absolute Gasteiger partial charge is 0.313 e. The second-order valence-corrected chi connectivity index (χ2v) is 3.80. The predicted molar refractivity (Wildman–Crippen MR) is 44.7 cm³/mol. The molecule has 3 nitrogen and oxygen atoms in total. The molecule has 1 rings (SSSR count). The molecule has 1 unspecified atom stereocenters. The van der Waals surface area contributed by atoms with Crippen LogP contribution < -0.4 is 0 Å². The quantitative estimate of drug-likeness (QED) is 0.761. The molecule has 0 saturated carbocycles. The third-order valence-corrected chi connectivity index (χ3v) is 2.52. The van der Waals surface area contributed by atoms with Crippen molar-refractivity contribution >= 4 is 11.8 Å². The average molecular weight is 173 g/mol. The van der Waals surface area contributed by atoms with Crippen LogP contribution in [-0.4, -0.2) is 16.0 Å². The lowest BCUT2D eigenvalue weighted by Crippen LogP contribution is -1.85. The van der Waals surface area contributed by atoms with Gasteiger partial charge in [-0.3, -0.25) is 0 Å². The zero-order chi connectivity index (χ0) is 8.27. The number of nitrogens with zero attached hydrogens (tertiary/aromatic N) is 1. The van der Waals surface area contributed by atoms with E-state index in [0.29, 0.717) is 0 Å². The lowest BCUT2D eigenvalue weighted by Gasteiger charge is -2.04. The normalized spacial score (nSPS) is 13.3. The first-order valence-corrected chi connectivity index (χ1v) is 4.55. The van der Waals surface area contributed by atoms with E-state index in [4.69, 9.17) is 5.11 Å². The molecule has 62 valence electrons. The largest absolute Gasteiger partial charge is 0.479 e. The van der Waals surface area contributed by atoms with Crippen LogP contribution in [0.3, 0.4) is 0 Å². The van der Waals surface area contributed by atoms with Gasteiger partial charge in [0.25, 0.3) is 0 Å². The Bertz CT molecular complexity index is 224. The van der Waals surface area contributed by atoms with E-state index >= 15 is 0 Å². The first-order chi connectivity index (χ1) is 5.25. The molecule has 0 spiro atoms. The Kier molecular flexibility index (Phi) is 2.82. The molecule has 0 aliphatic carbocycles. The molecule has 0 fully saturated rings. The second-order valence-electron chi connectivity index (χ2n) is 2.18. The fourth-order valence-electron chi connectivity index (χ4n) is 0.860. The van der Waals surface area contributed by atoms with Crippen LogP contribution in [0.5, 0.6) is 5.95 Å². The zero-order valence-corrected chi connectivity index (χ0v) is 7.39. The van der Waals surface area contributed by atoms with Crippen LogP contribution >= 0.6 is 11.8 Å². The first-order valence-electron chi connectivity index (χ1n) is 3.50. The summed E-state index contributed by atoms with van der Waals surface area (Å²) in [5, 5.41) is 12.8. The van der Waals surface area contributed by atoms with Gasteiger partial charge in [0.15, 0.2) is 0 Å². The van der Waals surface area contributed by atoms with Gasteiger partial charge in [0.1, 0.15) is 0 Å². The molecule has 1 aromatic heterocycles. The van der Waals surface area contributed by atoms with Crippen molar-refractivity contribution in [3.63, 3.8) is 0 Å². The lowest BCUT2D eigenvalue weighted by atomic mass is 10.3. The molecular formula is C7H11NO2S. The summed E-state index contributed by atoms with van der Waals surface area (Å²) in [6, 6.07) is 0. The molecule has 0 aliphatic heterocycles. The molecule has 1 atom stereocenters. The van der Waals surface area contributed by atoms with Crippen molar-refractivity contribution in [2.45, 2.75) is 19.1 Å². The Morgan fingerprint density at radius 1 is 1.82 bits per heavy atom. The van der Waals surface area contributed by atoms with Crippen LogP contribution in [0.2, 0.25) is 0 Å². The van der Waals surface area contributed by atoms with Gasteiger partial charge in [0, 0.05) is 5.25 Å². The summed E-state index contributed by atoms with van der Waals surface area (Å²) in [6.45, 7) is 4.09. The topological polar surface area (TPSA) is 46.3 Å². The van der Waals surface area contributed by atoms with E-state index in [-0.39, 0.29) is 11.2 Å². The zero-order valence-electron chi connectivity index (χ0n) is 6.57. The van der Waals surface area contributed by atoms with E-state index in [1.54, 1.807) is 18.0 Å². The van der Waals surface area contributed by atoms with Crippen molar-refractivity contribution in [1.29, 1.82) is 0 Å². The van der Waals surface area contributed by atoms with E-state index in [0.717, 1.165) is 11.3 Å². The Balaban J connectivity index is 2.67. The molecular weight excluding hydrogens is 162 g/mol. The summed E-state index contributed by atoms with van der Waals surface area (Å²) in [7, 11) is 0. The van der Waals surface area contributed by atoms with E-state index < -0.39 is 0 Å². The van der Waals surface area contributed by atoms with Gasteiger partial charge < -0.3 is 9.63 Å². The van der Waals surface area contributed by atoms with Gasteiger partial charge in [-0.1, -0.05) is 12.1 Å². The maximum Gasteiger partial charge on any atom is 0.313 e. The highest BCUT2D eigenvalue weighted by molar-refractivity contribution is 7.99. The van der Waals surface area contributed by atoms with Crippen molar-refractivity contribution < 1.29 is 9.63 Å². The highest BCUT2D eigenvalue weighted by Crippen LogP contribution is 2.33. The van der Waals surface area contributed by atoms with Crippen LogP contribution in [0.1, 0.15) is 24.7 Å². The van der Waals surface area contributed by atoms with Crippen LogP contribution in [0.25, 0.3) is 0 Å². The van der Waals surface area contributed by atoms with Crippen LogP contribution in [-0.2, 0) is 0 Å². The maximum atomic E-state index is 9.11. The molecule has 0 saturated heterocycles. The molecule has 0 bridgehead atoms. The fraction of sp³-hybridized carbons (Fsp3) is 0.571. The standard InChI is InChI=1S/C7H11NO2S/c1-3-11-5(2)6-4-8-10-7(6)9/h4-5,9H,3H2,1-2H3. The summed E-state index contributed by atoms with van der Waals surface area (Å²) in [5.41, 5.74) is 0.775. The van der Waals surface area contributed by atoms with Gasteiger partial charge in [0.2, 0.25) is 0 Å². The monoisotopic (exact) mass is 173 g/mol. The second kappa shape index (κ2) is 3.67. The molecule has 0 aliphatic rings. The molecule has 0 radical (unpaired) electrons. The van der Waals surface area contributed by atoms with Crippen LogP contribution in [0.4, 0.5) is 0 Å². The third kappa shape index (κ3) is 1.89. The van der Waals surface area contributed by atoms with Gasteiger partial charge in [-0.25, -0.2) is 0 Å². The Morgan fingerprint density at radius 2 is 2.55 bits per heavy atom. The third-order valence-electron chi connectivity index (χ3n) is 1.43. The summed E-state index contributed by atoms with van der Waals surface area (Å²) in [5.74, 6) is 0.963. The number of hydrogen-bond acceptors (Lipinski definition) is 4. The Labute approximate surface area is 69.8 Å². The number of thioether (sulfide) groups is 1. The molecule has 1 aromatic rings. The summed E-state index contributed by atoms with van der Waals surface area (Å²) < 4.78 is 4.52. The van der Waals surface area contributed by atoms with E-state index in [1.165, 1.54) is 0 Å². The predicted octanol–water partition coefficient (Wildman–Crippen LogP) is 2.19. The van der Waals surface area contributed by atoms with Gasteiger partial charge in [-0.2, -0.15) is 11.8 Å². The van der Waals surface area contributed by atoms with Gasteiger partial charge >= 0.3 is 5.95 Å². The first kappa shape index (κ1) is 8.46. The number of rotatable bonds is 3. The SMILES string of the molecule is CCSC(C)c1cnoc1O. The van der Waals surface area contributed by atoms with E-state index in [2.05, 4.69) is 16.6 Å². The van der Waals surface area contributed by atoms with Crippen molar-refractivity contribution in [2.24, 2.45) is 0 Å². The number of hydrogen-bond donors (Lipinski definition) is 1. The van der Waals surface area contributed by atoms with Crippen molar-refractivity contribution in [2.75, 3.05) is 5.75 Å². The molecule has 1 heterocycles. The molecule has 4 heteroatoms. The molecule has 1 N–H and O–H groups in total. The number of aromatic nitrogens is 1.